The maximum Gasteiger partial charge on any atom is 0.0464 e. The van der Waals surface area contributed by atoms with Gasteiger partial charge in [0, 0.05) is 16.8 Å². The fraction of sp³-hybridized carbons (Fsp3) is 0. The average molecular weight is 422 g/mol. The van der Waals surface area contributed by atoms with Crippen molar-refractivity contribution in [2.45, 2.75) is 0 Å². The van der Waals surface area contributed by atoms with Crippen LogP contribution in [0.2, 0.25) is 0 Å². The highest BCUT2D eigenvalue weighted by Crippen LogP contribution is 2.36. The third-order valence-electron chi connectivity index (χ3n) is 6.26. The molecule has 0 heterocycles. The van der Waals surface area contributed by atoms with Crippen molar-refractivity contribution in [3.63, 3.8) is 0 Å². The summed E-state index contributed by atoms with van der Waals surface area (Å²) in [6.45, 7) is 0. The van der Waals surface area contributed by atoms with E-state index in [2.05, 4.69) is 133 Å². The summed E-state index contributed by atoms with van der Waals surface area (Å²) in [6, 6.07) is 47.4. The Hall–Kier alpha value is -4.36. The van der Waals surface area contributed by atoms with E-state index in [1.165, 1.54) is 43.8 Å². The summed E-state index contributed by atoms with van der Waals surface area (Å²) in [5.41, 5.74) is 7.14. The normalized spacial score (nSPS) is 11.0. The van der Waals surface area contributed by atoms with Crippen LogP contribution < -0.4 is 5.32 Å². The Morgan fingerprint density at radius 1 is 0.394 bits per heavy atom. The minimum atomic E-state index is 1.08. The van der Waals surface area contributed by atoms with Crippen LogP contribution in [-0.4, -0.2) is 0 Å². The molecule has 0 aliphatic carbocycles. The molecule has 0 amide bonds. The Kier molecular flexibility index (Phi) is 4.86. The van der Waals surface area contributed by atoms with Gasteiger partial charge in [0.15, 0.2) is 0 Å². The number of benzene rings is 6. The molecular weight excluding hydrogens is 398 g/mol. The number of nitrogens with one attached hydrogen (secondary N) is 1. The van der Waals surface area contributed by atoms with Crippen LogP contribution in [0.5, 0.6) is 0 Å². The van der Waals surface area contributed by atoms with Crippen LogP contribution in [0.15, 0.2) is 133 Å². The van der Waals surface area contributed by atoms with Gasteiger partial charge in [-0.05, 0) is 62.7 Å². The molecule has 156 valence electrons. The third-order valence-corrected chi connectivity index (χ3v) is 6.26. The summed E-state index contributed by atoms with van der Waals surface area (Å²) in [7, 11) is 0. The highest BCUT2D eigenvalue weighted by molar-refractivity contribution is 6.05. The lowest BCUT2D eigenvalue weighted by atomic mass is 9.95. The maximum atomic E-state index is 3.63. The van der Waals surface area contributed by atoms with Gasteiger partial charge < -0.3 is 5.32 Å². The smallest absolute Gasteiger partial charge is 0.0464 e. The van der Waals surface area contributed by atoms with Crippen LogP contribution >= 0.6 is 0 Å². The number of rotatable bonds is 4. The van der Waals surface area contributed by atoms with Gasteiger partial charge in [-0.15, -0.1) is 0 Å². The molecule has 0 aliphatic heterocycles. The number of fused-ring (bicyclic) bond motifs is 2. The van der Waals surface area contributed by atoms with Crippen molar-refractivity contribution in [2.24, 2.45) is 0 Å². The van der Waals surface area contributed by atoms with Gasteiger partial charge >= 0.3 is 0 Å². The lowest BCUT2D eigenvalue weighted by Crippen LogP contribution is -1.93. The van der Waals surface area contributed by atoms with Crippen molar-refractivity contribution >= 4 is 32.9 Å². The fourth-order valence-corrected chi connectivity index (χ4v) is 4.55. The first-order valence-corrected chi connectivity index (χ1v) is 11.3. The second kappa shape index (κ2) is 8.29. The summed E-state index contributed by atoms with van der Waals surface area (Å²) in [6.07, 6.45) is 0. The first-order valence-electron chi connectivity index (χ1n) is 11.3. The molecule has 0 fully saturated rings. The second-order valence-electron chi connectivity index (χ2n) is 8.34. The van der Waals surface area contributed by atoms with E-state index in [0.717, 1.165) is 11.4 Å². The largest absolute Gasteiger partial charge is 0.355 e. The fourth-order valence-electron chi connectivity index (χ4n) is 4.55. The molecule has 1 heteroatoms. The summed E-state index contributed by atoms with van der Waals surface area (Å²) in [5.74, 6) is 0. The minimum absolute atomic E-state index is 1.08. The first-order chi connectivity index (χ1) is 16.3. The molecule has 0 unspecified atom stereocenters. The molecule has 6 aromatic carbocycles. The van der Waals surface area contributed by atoms with Crippen molar-refractivity contribution in [3.05, 3.63) is 133 Å². The van der Waals surface area contributed by atoms with Gasteiger partial charge in [0.25, 0.3) is 0 Å². The van der Waals surface area contributed by atoms with E-state index in [9.17, 15) is 0 Å². The molecular formula is C32H23N. The van der Waals surface area contributed by atoms with E-state index in [-0.39, 0.29) is 0 Å². The summed E-state index contributed by atoms with van der Waals surface area (Å²) in [5, 5.41) is 8.63. The molecule has 0 saturated heterocycles. The van der Waals surface area contributed by atoms with E-state index in [0.29, 0.717) is 0 Å². The lowest BCUT2D eigenvalue weighted by molar-refractivity contribution is 1.56. The molecule has 0 aromatic heterocycles. The topological polar surface area (TPSA) is 12.0 Å². The Morgan fingerprint density at radius 3 is 1.85 bits per heavy atom. The first kappa shape index (κ1) is 19.3. The molecule has 6 rings (SSSR count). The number of anilines is 2. The molecule has 0 saturated carbocycles. The SMILES string of the molecule is c1ccc(-c2ccc(Nc3ccc(-c4ccc5ccccc5c4)c4ccccc34)cc2)cc1. The van der Waals surface area contributed by atoms with Gasteiger partial charge in [-0.3, -0.25) is 0 Å². The van der Waals surface area contributed by atoms with Gasteiger partial charge in [-0.1, -0.05) is 109 Å². The van der Waals surface area contributed by atoms with Crippen molar-refractivity contribution < 1.29 is 0 Å². The molecule has 1 N–H and O–H groups in total. The van der Waals surface area contributed by atoms with E-state index in [1.54, 1.807) is 0 Å². The lowest BCUT2D eigenvalue weighted by Gasteiger charge is -2.14. The molecule has 0 atom stereocenters. The minimum Gasteiger partial charge on any atom is -0.355 e. The van der Waals surface area contributed by atoms with Crippen molar-refractivity contribution in [1.29, 1.82) is 0 Å². The van der Waals surface area contributed by atoms with Crippen LogP contribution in [-0.2, 0) is 0 Å². The molecule has 0 spiro atoms. The Labute approximate surface area is 194 Å². The van der Waals surface area contributed by atoms with E-state index in [4.69, 9.17) is 0 Å². The predicted molar refractivity (Wildman–Crippen MR) is 142 cm³/mol. The van der Waals surface area contributed by atoms with Crippen LogP contribution in [0.4, 0.5) is 11.4 Å². The summed E-state index contributed by atoms with van der Waals surface area (Å²) >= 11 is 0. The van der Waals surface area contributed by atoms with E-state index < -0.39 is 0 Å². The monoisotopic (exact) mass is 421 g/mol. The molecule has 6 aromatic rings. The standard InChI is InChI=1S/C32H23N/c1-2-8-23(9-3-1)25-16-18-28(19-17-25)33-32-21-20-29(30-12-6-7-13-31(30)32)27-15-14-24-10-4-5-11-26(24)22-27/h1-22,33H. The van der Waals surface area contributed by atoms with Crippen molar-refractivity contribution in [3.8, 4) is 22.3 Å². The molecule has 0 bridgehead atoms. The van der Waals surface area contributed by atoms with Gasteiger partial charge in [0.2, 0.25) is 0 Å². The highest BCUT2D eigenvalue weighted by atomic mass is 14.9. The zero-order chi connectivity index (χ0) is 22.0. The summed E-state index contributed by atoms with van der Waals surface area (Å²) < 4.78 is 0. The van der Waals surface area contributed by atoms with E-state index in [1.807, 2.05) is 6.07 Å². The maximum absolute atomic E-state index is 3.63. The van der Waals surface area contributed by atoms with Gasteiger partial charge in [0.05, 0.1) is 0 Å². The quantitative estimate of drug-likeness (QED) is 0.299. The third kappa shape index (κ3) is 3.75. The van der Waals surface area contributed by atoms with Crippen LogP contribution in [0.25, 0.3) is 43.8 Å². The van der Waals surface area contributed by atoms with Crippen LogP contribution in [0, 0.1) is 0 Å². The van der Waals surface area contributed by atoms with Gasteiger partial charge in [0.1, 0.15) is 0 Å². The second-order valence-corrected chi connectivity index (χ2v) is 8.34. The Balaban J connectivity index is 1.37. The van der Waals surface area contributed by atoms with Crippen molar-refractivity contribution in [1.82, 2.24) is 0 Å². The predicted octanol–water partition coefficient (Wildman–Crippen LogP) is 9.07. The zero-order valence-electron chi connectivity index (χ0n) is 18.2. The highest BCUT2D eigenvalue weighted by Gasteiger charge is 2.09. The van der Waals surface area contributed by atoms with Gasteiger partial charge in [-0.2, -0.15) is 0 Å². The molecule has 1 nitrogen and oxygen atoms in total. The molecule has 0 radical (unpaired) electrons. The number of hydrogen-bond acceptors (Lipinski definition) is 1. The molecule has 0 aliphatic rings. The van der Waals surface area contributed by atoms with Crippen LogP contribution in [0.3, 0.4) is 0 Å². The van der Waals surface area contributed by atoms with Gasteiger partial charge in [-0.25, -0.2) is 0 Å². The molecule has 33 heavy (non-hydrogen) atoms. The Bertz CT molecular complexity index is 1560. The van der Waals surface area contributed by atoms with E-state index >= 15 is 0 Å². The van der Waals surface area contributed by atoms with Crippen LogP contribution in [0.1, 0.15) is 0 Å². The zero-order valence-corrected chi connectivity index (χ0v) is 18.2. The summed E-state index contributed by atoms with van der Waals surface area (Å²) in [4.78, 5) is 0. The Morgan fingerprint density at radius 2 is 1.03 bits per heavy atom. The van der Waals surface area contributed by atoms with Crippen molar-refractivity contribution in [2.75, 3.05) is 5.32 Å². The number of hydrogen-bond donors (Lipinski definition) is 1. The average Bonchev–Trinajstić information content (AvgIpc) is 2.89.